The number of nitrogens with zero attached hydrogens (tertiary/aromatic N) is 1. The molecule has 0 aliphatic heterocycles. The molecule has 0 spiro atoms. The molecular weight excluding hydrogens is 221 g/mol. The van der Waals surface area contributed by atoms with E-state index in [1.165, 1.54) is 6.07 Å². The van der Waals surface area contributed by atoms with Gasteiger partial charge in [-0.05, 0) is 29.3 Å². The summed E-state index contributed by atoms with van der Waals surface area (Å²) in [4.78, 5) is 3.79. The van der Waals surface area contributed by atoms with Gasteiger partial charge in [-0.25, -0.2) is 4.39 Å². The van der Waals surface area contributed by atoms with Gasteiger partial charge < -0.3 is 9.84 Å². The van der Waals surface area contributed by atoms with E-state index in [0.29, 0.717) is 16.9 Å². The minimum Gasteiger partial charge on any atom is -0.497 e. The summed E-state index contributed by atoms with van der Waals surface area (Å²) >= 11 is 0. The molecule has 3 nitrogen and oxygen atoms in total. The minimum atomic E-state index is -0.408. The second-order valence-electron chi connectivity index (χ2n) is 3.57. The lowest BCUT2D eigenvalue weighted by atomic mass is 10.0. The molecule has 0 saturated carbocycles. The van der Waals surface area contributed by atoms with Crippen LogP contribution in [-0.2, 0) is 6.61 Å². The summed E-state index contributed by atoms with van der Waals surface area (Å²) in [7, 11) is 1.56. The van der Waals surface area contributed by atoms with Gasteiger partial charge in [0.15, 0.2) is 0 Å². The van der Waals surface area contributed by atoms with Crippen molar-refractivity contribution in [3.63, 3.8) is 0 Å². The molecule has 4 heteroatoms. The average molecular weight is 233 g/mol. The summed E-state index contributed by atoms with van der Waals surface area (Å²) < 4.78 is 18.2. The van der Waals surface area contributed by atoms with Crippen molar-refractivity contribution in [2.24, 2.45) is 0 Å². The molecular formula is C13H12FNO2. The zero-order valence-corrected chi connectivity index (χ0v) is 9.35. The average Bonchev–Trinajstić information content (AvgIpc) is 2.38. The smallest absolute Gasteiger partial charge is 0.142 e. The summed E-state index contributed by atoms with van der Waals surface area (Å²) in [6.07, 6.45) is 2.69. The Balaban J connectivity index is 2.56. The largest absolute Gasteiger partial charge is 0.497 e. The number of aliphatic hydroxyl groups is 1. The maximum absolute atomic E-state index is 13.1. The highest BCUT2D eigenvalue weighted by Crippen LogP contribution is 2.28. The maximum atomic E-state index is 13.1. The van der Waals surface area contributed by atoms with E-state index in [4.69, 9.17) is 4.74 Å². The highest BCUT2D eigenvalue weighted by molar-refractivity contribution is 5.68. The SMILES string of the molecule is COc1ccc(CO)c(-c2cncc(F)c2)c1. The molecule has 1 N–H and O–H groups in total. The second kappa shape index (κ2) is 4.93. The highest BCUT2D eigenvalue weighted by atomic mass is 19.1. The first-order valence-electron chi connectivity index (χ1n) is 5.13. The molecule has 0 saturated heterocycles. The third kappa shape index (κ3) is 2.42. The third-order valence-corrected chi connectivity index (χ3v) is 2.50. The third-order valence-electron chi connectivity index (χ3n) is 2.50. The van der Waals surface area contributed by atoms with E-state index in [-0.39, 0.29) is 6.61 Å². The molecule has 0 bridgehead atoms. The van der Waals surface area contributed by atoms with Gasteiger partial charge in [0.1, 0.15) is 11.6 Å². The summed E-state index contributed by atoms with van der Waals surface area (Å²) in [6.45, 7) is -0.115. The number of rotatable bonds is 3. The normalized spacial score (nSPS) is 10.3. The number of benzene rings is 1. The van der Waals surface area contributed by atoms with E-state index in [9.17, 15) is 9.50 Å². The van der Waals surface area contributed by atoms with Gasteiger partial charge in [0.2, 0.25) is 0 Å². The number of hydrogen-bond acceptors (Lipinski definition) is 3. The maximum Gasteiger partial charge on any atom is 0.142 e. The summed E-state index contributed by atoms with van der Waals surface area (Å²) in [5, 5.41) is 9.26. The zero-order valence-electron chi connectivity index (χ0n) is 9.35. The Morgan fingerprint density at radius 3 is 2.76 bits per heavy atom. The van der Waals surface area contributed by atoms with Crippen LogP contribution < -0.4 is 4.74 Å². The topological polar surface area (TPSA) is 42.4 Å². The number of aliphatic hydroxyl groups excluding tert-OH is 1. The van der Waals surface area contributed by atoms with E-state index < -0.39 is 5.82 Å². The van der Waals surface area contributed by atoms with Crippen LogP contribution in [0.2, 0.25) is 0 Å². The molecule has 2 rings (SSSR count). The van der Waals surface area contributed by atoms with Crippen molar-refractivity contribution in [1.82, 2.24) is 4.98 Å². The van der Waals surface area contributed by atoms with Crippen LogP contribution in [0.5, 0.6) is 5.75 Å². The quantitative estimate of drug-likeness (QED) is 0.885. The number of methoxy groups -OCH3 is 1. The molecule has 1 aromatic heterocycles. The molecule has 0 amide bonds. The highest BCUT2D eigenvalue weighted by Gasteiger charge is 2.07. The molecule has 0 unspecified atom stereocenters. The van der Waals surface area contributed by atoms with Crippen molar-refractivity contribution in [1.29, 1.82) is 0 Å². The van der Waals surface area contributed by atoms with Crippen LogP contribution in [0.25, 0.3) is 11.1 Å². The second-order valence-corrected chi connectivity index (χ2v) is 3.57. The Bertz CT molecular complexity index is 529. The molecule has 0 aliphatic rings. The van der Waals surface area contributed by atoms with E-state index in [0.717, 1.165) is 11.8 Å². The Labute approximate surface area is 98.5 Å². The van der Waals surface area contributed by atoms with Crippen LogP contribution >= 0.6 is 0 Å². The van der Waals surface area contributed by atoms with Crippen molar-refractivity contribution < 1.29 is 14.2 Å². The Kier molecular flexibility index (Phi) is 3.35. The lowest BCUT2D eigenvalue weighted by Gasteiger charge is -2.09. The summed E-state index contributed by atoms with van der Waals surface area (Å²) in [5.74, 6) is 0.246. The monoisotopic (exact) mass is 233 g/mol. The van der Waals surface area contributed by atoms with Crippen molar-refractivity contribution in [2.45, 2.75) is 6.61 Å². The number of aromatic nitrogens is 1. The fourth-order valence-electron chi connectivity index (χ4n) is 1.65. The number of halogens is 1. The van der Waals surface area contributed by atoms with Crippen LogP contribution in [0.1, 0.15) is 5.56 Å². The van der Waals surface area contributed by atoms with E-state index in [1.807, 2.05) is 0 Å². The van der Waals surface area contributed by atoms with Crippen molar-refractivity contribution in [3.8, 4) is 16.9 Å². The fourth-order valence-corrected chi connectivity index (χ4v) is 1.65. The molecule has 1 aromatic carbocycles. The fraction of sp³-hybridized carbons (Fsp3) is 0.154. The van der Waals surface area contributed by atoms with E-state index >= 15 is 0 Å². The minimum absolute atomic E-state index is 0.115. The first-order valence-corrected chi connectivity index (χ1v) is 5.13. The molecule has 0 radical (unpaired) electrons. The first-order chi connectivity index (χ1) is 8.24. The predicted octanol–water partition coefficient (Wildman–Crippen LogP) is 2.39. The van der Waals surface area contributed by atoms with Gasteiger partial charge in [0.25, 0.3) is 0 Å². The molecule has 0 aliphatic carbocycles. The van der Waals surface area contributed by atoms with Crippen LogP contribution in [-0.4, -0.2) is 17.2 Å². The lowest BCUT2D eigenvalue weighted by molar-refractivity contribution is 0.282. The number of ether oxygens (including phenoxy) is 1. The Morgan fingerprint density at radius 2 is 2.12 bits per heavy atom. The van der Waals surface area contributed by atoms with Crippen LogP contribution in [0.3, 0.4) is 0 Å². The molecule has 0 fully saturated rings. The van der Waals surface area contributed by atoms with Gasteiger partial charge in [-0.2, -0.15) is 0 Å². The Morgan fingerprint density at radius 1 is 1.29 bits per heavy atom. The zero-order chi connectivity index (χ0) is 12.3. The van der Waals surface area contributed by atoms with Crippen LogP contribution in [0.15, 0.2) is 36.7 Å². The standard InChI is InChI=1S/C13H12FNO2/c1-17-12-3-2-9(8-16)13(5-12)10-4-11(14)7-15-6-10/h2-7,16H,8H2,1H3. The van der Waals surface area contributed by atoms with Crippen LogP contribution in [0.4, 0.5) is 4.39 Å². The summed E-state index contributed by atoms with van der Waals surface area (Å²) in [6, 6.07) is 6.63. The van der Waals surface area contributed by atoms with E-state index in [2.05, 4.69) is 4.98 Å². The number of pyridine rings is 1. The van der Waals surface area contributed by atoms with Gasteiger partial charge in [-0.15, -0.1) is 0 Å². The lowest BCUT2D eigenvalue weighted by Crippen LogP contribution is -1.93. The van der Waals surface area contributed by atoms with E-state index in [1.54, 1.807) is 31.5 Å². The van der Waals surface area contributed by atoms with Gasteiger partial charge in [0, 0.05) is 11.8 Å². The van der Waals surface area contributed by atoms with Gasteiger partial charge >= 0.3 is 0 Å². The van der Waals surface area contributed by atoms with Crippen molar-refractivity contribution in [2.75, 3.05) is 7.11 Å². The molecule has 17 heavy (non-hydrogen) atoms. The van der Waals surface area contributed by atoms with Crippen molar-refractivity contribution >= 4 is 0 Å². The summed E-state index contributed by atoms with van der Waals surface area (Å²) in [5.41, 5.74) is 2.05. The number of hydrogen-bond donors (Lipinski definition) is 1. The van der Waals surface area contributed by atoms with Gasteiger partial charge in [-0.1, -0.05) is 6.07 Å². The van der Waals surface area contributed by atoms with Gasteiger partial charge in [-0.3, -0.25) is 4.98 Å². The molecule has 88 valence electrons. The molecule has 0 atom stereocenters. The van der Waals surface area contributed by atoms with Crippen LogP contribution in [0, 0.1) is 5.82 Å². The first kappa shape index (κ1) is 11.5. The molecule has 2 aromatic rings. The predicted molar refractivity (Wildman–Crippen MR) is 62.1 cm³/mol. The molecule has 1 heterocycles. The van der Waals surface area contributed by atoms with Gasteiger partial charge in [0.05, 0.1) is 19.9 Å². The Hall–Kier alpha value is -1.94. The van der Waals surface area contributed by atoms with Crippen molar-refractivity contribution in [3.05, 3.63) is 48.0 Å².